The van der Waals surface area contributed by atoms with Gasteiger partial charge in [0.15, 0.2) is 0 Å². The minimum Gasteiger partial charge on any atom is -0.314 e. The van der Waals surface area contributed by atoms with E-state index in [1.807, 2.05) is 0 Å². The van der Waals surface area contributed by atoms with Crippen molar-refractivity contribution in [3.05, 3.63) is 22.4 Å². The maximum absolute atomic E-state index is 3.43. The largest absolute Gasteiger partial charge is 0.314 e. The summed E-state index contributed by atoms with van der Waals surface area (Å²) >= 11 is 1.79. The molecule has 1 aliphatic heterocycles. The number of nitrogens with zero attached hydrogens (tertiary/aromatic N) is 1. The van der Waals surface area contributed by atoms with Gasteiger partial charge in [-0.3, -0.25) is 4.90 Å². The number of rotatable bonds is 2. The lowest BCUT2D eigenvalue weighted by molar-refractivity contribution is 0.126. The van der Waals surface area contributed by atoms with Gasteiger partial charge in [-0.15, -0.1) is 0 Å². The van der Waals surface area contributed by atoms with Crippen molar-refractivity contribution in [2.45, 2.75) is 25.9 Å². The van der Waals surface area contributed by atoms with Gasteiger partial charge < -0.3 is 5.32 Å². The molecule has 0 aliphatic carbocycles. The zero-order valence-corrected chi connectivity index (χ0v) is 9.68. The van der Waals surface area contributed by atoms with Crippen molar-refractivity contribution in [3.63, 3.8) is 0 Å². The Morgan fingerprint density at radius 2 is 2.50 bits per heavy atom. The van der Waals surface area contributed by atoms with Crippen LogP contribution in [0, 0.1) is 0 Å². The molecule has 1 N–H and O–H groups in total. The molecule has 1 fully saturated rings. The minimum atomic E-state index is 0.568. The van der Waals surface area contributed by atoms with E-state index >= 15 is 0 Å². The van der Waals surface area contributed by atoms with Crippen molar-refractivity contribution in [1.29, 1.82) is 0 Å². The zero-order chi connectivity index (χ0) is 9.97. The van der Waals surface area contributed by atoms with Crippen LogP contribution in [0.3, 0.4) is 0 Å². The second-order valence-corrected chi connectivity index (χ2v) is 4.80. The summed E-state index contributed by atoms with van der Waals surface area (Å²) in [6.07, 6.45) is 0. The molecule has 1 aromatic rings. The van der Waals surface area contributed by atoms with Gasteiger partial charge >= 0.3 is 0 Å². The van der Waals surface area contributed by atoms with Crippen LogP contribution in [0.5, 0.6) is 0 Å². The Kier molecular flexibility index (Phi) is 3.21. The second kappa shape index (κ2) is 4.43. The van der Waals surface area contributed by atoms with Crippen LogP contribution in [-0.2, 0) is 0 Å². The van der Waals surface area contributed by atoms with Gasteiger partial charge in [0.1, 0.15) is 0 Å². The summed E-state index contributed by atoms with van der Waals surface area (Å²) < 4.78 is 0. The van der Waals surface area contributed by atoms with E-state index in [-0.39, 0.29) is 0 Å². The lowest BCUT2D eigenvalue weighted by Crippen LogP contribution is -2.50. The van der Waals surface area contributed by atoms with Crippen molar-refractivity contribution < 1.29 is 0 Å². The first-order valence-corrected chi connectivity index (χ1v) is 6.22. The lowest BCUT2D eigenvalue weighted by Gasteiger charge is -2.38. The van der Waals surface area contributed by atoms with E-state index in [4.69, 9.17) is 0 Å². The van der Waals surface area contributed by atoms with Crippen LogP contribution in [0.1, 0.15) is 25.5 Å². The van der Waals surface area contributed by atoms with Crippen LogP contribution < -0.4 is 5.32 Å². The Morgan fingerprint density at radius 1 is 1.64 bits per heavy atom. The molecule has 0 spiro atoms. The minimum absolute atomic E-state index is 0.568. The number of hydrogen-bond acceptors (Lipinski definition) is 3. The molecule has 78 valence electrons. The highest BCUT2D eigenvalue weighted by atomic mass is 32.1. The summed E-state index contributed by atoms with van der Waals surface area (Å²) in [6.45, 7) is 8.02. The van der Waals surface area contributed by atoms with Gasteiger partial charge in [-0.2, -0.15) is 11.3 Å². The number of hydrogen-bond donors (Lipinski definition) is 1. The smallest absolute Gasteiger partial charge is 0.0332 e. The highest BCUT2D eigenvalue weighted by Crippen LogP contribution is 2.24. The number of piperazine rings is 1. The topological polar surface area (TPSA) is 15.3 Å². The van der Waals surface area contributed by atoms with Crippen LogP contribution in [0.2, 0.25) is 0 Å². The van der Waals surface area contributed by atoms with Gasteiger partial charge in [-0.25, -0.2) is 0 Å². The summed E-state index contributed by atoms with van der Waals surface area (Å²) in [7, 11) is 0. The van der Waals surface area contributed by atoms with Gasteiger partial charge in [0, 0.05) is 31.7 Å². The molecule has 0 saturated carbocycles. The van der Waals surface area contributed by atoms with Crippen LogP contribution in [0.4, 0.5) is 0 Å². The summed E-state index contributed by atoms with van der Waals surface area (Å²) in [5, 5.41) is 7.85. The summed E-state index contributed by atoms with van der Waals surface area (Å²) in [5.41, 5.74) is 1.46. The number of thiophene rings is 1. The molecule has 0 aromatic carbocycles. The first-order chi connectivity index (χ1) is 6.79. The zero-order valence-electron chi connectivity index (χ0n) is 8.86. The predicted octanol–water partition coefficient (Wildman–Crippen LogP) is 2.10. The molecular formula is C11H18N2S. The Bertz CT molecular complexity index is 271. The van der Waals surface area contributed by atoms with Crippen molar-refractivity contribution in [1.82, 2.24) is 10.2 Å². The van der Waals surface area contributed by atoms with Crippen molar-refractivity contribution >= 4 is 11.3 Å². The molecule has 0 radical (unpaired) electrons. The van der Waals surface area contributed by atoms with E-state index in [1.54, 1.807) is 11.3 Å². The van der Waals surface area contributed by atoms with Crippen molar-refractivity contribution in [2.24, 2.45) is 0 Å². The highest BCUT2D eigenvalue weighted by Gasteiger charge is 2.23. The molecule has 2 unspecified atom stereocenters. The van der Waals surface area contributed by atoms with Crippen LogP contribution in [-0.4, -0.2) is 30.6 Å². The first kappa shape index (κ1) is 10.1. The van der Waals surface area contributed by atoms with E-state index in [9.17, 15) is 0 Å². The van der Waals surface area contributed by atoms with Gasteiger partial charge in [0.05, 0.1) is 0 Å². The normalized spacial score (nSPS) is 26.3. The third kappa shape index (κ3) is 2.00. The molecule has 3 heteroatoms. The van der Waals surface area contributed by atoms with Crippen molar-refractivity contribution in [3.8, 4) is 0 Å². The van der Waals surface area contributed by atoms with Gasteiger partial charge in [-0.1, -0.05) is 0 Å². The van der Waals surface area contributed by atoms with Crippen LogP contribution >= 0.6 is 11.3 Å². The van der Waals surface area contributed by atoms with E-state index in [1.165, 1.54) is 5.56 Å². The molecule has 0 bridgehead atoms. The molecule has 2 rings (SSSR count). The molecule has 1 saturated heterocycles. The fraction of sp³-hybridized carbons (Fsp3) is 0.636. The predicted molar refractivity (Wildman–Crippen MR) is 61.8 cm³/mol. The fourth-order valence-electron chi connectivity index (χ4n) is 2.14. The molecule has 1 aromatic heterocycles. The Labute approximate surface area is 89.9 Å². The quantitative estimate of drug-likeness (QED) is 0.804. The third-order valence-corrected chi connectivity index (χ3v) is 3.78. The average Bonchev–Trinajstić information content (AvgIpc) is 2.70. The maximum atomic E-state index is 3.43. The third-order valence-electron chi connectivity index (χ3n) is 3.08. The van der Waals surface area contributed by atoms with E-state index in [2.05, 4.69) is 40.9 Å². The second-order valence-electron chi connectivity index (χ2n) is 4.02. The SMILES string of the molecule is CC1CNCCN1C(C)c1ccsc1. The molecule has 2 heterocycles. The summed E-state index contributed by atoms with van der Waals surface area (Å²) in [6, 6.07) is 3.46. The van der Waals surface area contributed by atoms with Crippen molar-refractivity contribution in [2.75, 3.05) is 19.6 Å². The molecule has 0 amide bonds. The average molecular weight is 210 g/mol. The fourth-order valence-corrected chi connectivity index (χ4v) is 2.88. The molecular weight excluding hydrogens is 192 g/mol. The van der Waals surface area contributed by atoms with Gasteiger partial charge in [0.25, 0.3) is 0 Å². The van der Waals surface area contributed by atoms with Gasteiger partial charge in [-0.05, 0) is 36.2 Å². The first-order valence-electron chi connectivity index (χ1n) is 5.27. The van der Waals surface area contributed by atoms with E-state index in [0.717, 1.165) is 19.6 Å². The molecule has 2 atom stereocenters. The highest BCUT2D eigenvalue weighted by molar-refractivity contribution is 7.07. The summed E-state index contributed by atoms with van der Waals surface area (Å²) in [5.74, 6) is 0. The Morgan fingerprint density at radius 3 is 3.14 bits per heavy atom. The molecule has 14 heavy (non-hydrogen) atoms. The van der Waals surface area contributed by atoms with E-state index < -0.39 is 0 Å². The standard InChI is InChI=1S/C11H18N2S/c1-9-7-12-4-5-13(9)10(2)11-3-6-14-8-11/h3,6,8-10,12H,4-5,7H2,1-2H3. The van der Waals surface area contributed by atoms with Gasteiger partial charge in [0.2, 0.25) is 0 Å². The van der Waals surface area contributed by atoms with Crippen LogP contribution in [0.25, 0.3) is 0 Å². The monoisotopic (exact) mass is 210 g/mol. The Hall–Kier alpha value is -0.380. The van der Waals surface area contributed by atoms with Crippen LogP contribution in [0.15, 0.2) is 16.8 Å². The molecule has 1 aliphatic rings. The lowest BCUT2D eigenvalue weighted by atomic mass is 10.1. The maximum Gasteiger partial charge on any atom is 0.0332 e. The summed E-state index contributed by atoms with van der Waals surface area (Å²) in [4.78, 5) is 2.58. The number of nitrogens with one attached hydrogen (secondary N) is 1. The van der Waals surface area contributed by atoms with E-state index in [0.29, 0.717) is 12.1 Å². The Balaban J connectivity index is 2.06. The molecule has 2 nitrogen and oxygen atoms in total.